The van der Waals surface area contributed by atoms with Crippen molar-refractivity contribution < 1.29 is 27.4 Å². The number of carbonyl (C=O) groups is 1. The largest absolute Gasteiger partial charge is 0.497 e. The Hall–Kier alpha value is -2.78. The second-order valence-electron chi connectivity index (χ2n) is 8.08. The summed E-state index contributed by atoms with van der Waals surface area (Å²) >= 11 is 0. The number of fused-ring (bicyclic) bond motifs is 1. The van der Waals surface area contributed by atoms with Gasteiger partial charge >= 0.3 is 0 Å². The molecule has 8 nitrogen and oxygen atoms in total. The van der Waals surface area contributed by atoms with Gasteiger partial charge in [0.05, 0.1) is 45.4 Å². The first kappa shape index (κ1) is 22.4. The fourth-order valence-corrected chi connectivity index (χ4v) is 6.57. The van der Waals surface area contributed by atoms with Crippen LogP contribution in [0.4, 0.5) is 5.69 Å². The summed E-state index contributed by atoms with van der Waals surface area (Å²) in [4.78, 5) is 16.8. The molecule has 0 N–H and O–H groups in total. The van der Waals surface area contributed by atoms with Crippen molar-refractivity contribution in [2.75, 3.05) is 50.8 Å². The number of sulfone groups is 1. The standard InChI is InChI=1S/C23H28N2O6S/c1-29-18-7-5-17(6-8-18)25-20-15-32(27,28)14-19(20)24(13-23(25)26)11-10-16-4-9-21(30-2)22(12-16)31-3/h4-9,12,19-20H,10-11,13-15H2,1-3H3/t19-,20-/m0/s1. The number of ether oxygens (including phenoxy) is 3. The van der Waals surface area contributed by atoms with Gasteiger partial charge in [-0.05, 0) is 48.4 Å². The number of rotatable bonds is 7. The van der Waals surface area contributed by atoms with Crippen LogP contribution >= 0.6 is 0 Å². The van der Waals surface area contributed by atoms with Crippen LogP contribution in [-0.2, 0) is 21.1 Å². The number of benzene rings is 2. The van der Waals surface area contributed by atoms with E-state index in [9.17, 15) is 13.2 Å². The predicted octanol–water partition coefficient (Wildman–Crippen LogP) is 1.77. The molecule has 0 saturated carbocycles. The molecule has 32 heavy (non-hydrogen) atoms. The van der Waals surface area contributed by atoms with Gasteiger partial charge in [-0.3, -0.25) is 9.69 Å². The Labute approximate surface area is 188 Å². The van der Waals surface area contributed by atoms with E-state index in [0.717, 1.165) is 5.56 Å². The first-order chi connectivity index (χ1) is 15.3. The van der Waals surface area contributed by atoms with Crippen LogP contribution < -0.4 is 19.1 Å². The summed E-state index contributed by atoms with van der Waals surface area (Å²) in [7, 11) is 1.52. The van der Waals surface area contributed by atoms with E-state index in [1.165, 1.54) is 0 Å². The molecule has 172 valence electrons. The molecule has 0 aromatic heterocycles. The Morgan fingerprint density at radius 3 is 2.25 bits per heavy atom. The average molecular weight is 461 g/mol. The monoisotopic (exact) mass is 460 g/mol. The van der Waals surface area contributed by atoms with Crippen molar-refractivity contribution in [1.82, 2.24) is 4.90 Å². The molecule has 2 heterocycles. The van der Waals surface area contributed by atoms with E-state index >= 15 is 0 Å². The van der Waals surface area contributed by atoms with E-state index < -0.39 is 15.9 Å². The first-order valence-electron chi connectivity index (χ1n) is 10.5. The zero-order valence-electron chi connectivity index (χ0n) is 18.5. The summed E-state index contributed by atoms with van der Waals surface area (Å²) in [6.45, 7) is 0.754. The molecule has 0 spiro atoms. The summed E-state index contributed by atoms with van der Waals surface area (Å²) in [6.07, 6.45) is 0.666. The summed E-state index contributed by atoms with van der Waals surface area (Å²) in [5.74, 6) is 1.92. The van der Waals surface area contributed by atoms with Gasteiger partial charge < -0.3 is 19.1 Å². The highest BCUT2D eigenvalue weighted by atomic mass is 32.2. The van der Waals surface area contributed by atoms with Crippen molar-refractivity contribution in [3.8, 4) is 17.2 Å². The fraction of sp³-hybridized carbons (Fsp3) is 0.435. The third-order valence-corrected chi connectivity index (χ3v) is 7.89. The van der Waals surface area contributed by atoms with Crippen LogP contribution in [0.1, 0.15) is 5.56 Å². The van der Waals surface area contributed by atoms with Gasteiger partial charge in [0.1, 0.15) is 5.75 Å². The molecule has 9 heteroatoms. The molecule has 2 aromatic carbocycles. The third-order valence-electron chi connectivity index (χ3n) is 6.19. The lowest BCUT2D eigenvalue weighted by atomic mass is 10.0. The van der Waals surface area contributed by atoms with E-state index in [0.29, 0.717) is 35.9 Å². The van der Waals surface area contributed by atoms with Crippen molar-refractivity contribution in [1.29, 1.82) is 0 Å². The van der Waals surface area contributed by atoms with Crippen LogP contribution in [0.5, 0.6) is 17.2 Å². The maximum absolute atomic E-state index is 13.1. The Kier molecular flexibility index (Phi) is 6.30. The predicted molar refractivity (Wildman–Crippen MR) is 122 cm³/mol. The molecular formula is C23H28N2O6S. The quantitative estimate of drug-likeness (QED) is 0.623. The first-order valence-corrected chi connectivity index (χ1v) is 12.3. The number of nitrogens with zero attached hydrogens (tertiary/aromatic N) is 2. The van der Waals surface area contributed by atoms with Crippen molar-refractivity contribution in [2.24, 2.45) is 0 Å². The lowest BCUT2D eigenvalue weighted by molar-refractivity contribution is -0.123. The molecule has 2 aliphatic heterocycles. The molecule has 4 rings (SSSR count). The third kappa shape index (κ3) is 4.40. The number of methoxy groups -OCH3 is 3. The second-order valence-corrected chi connectivity index (χ2v) is 10.2. The zero-order chi connectivity index (χ0) is 22.9. The molecule has 2 saturated heterocycles. The lowest BCUT2D eigenvalue weighted by Gasteiger charge is -2.43. The zero-order valence-corrected chi connectivity index (χ0v) is 19.3. The van der Waals surface area contributed by atoms with Gasteiger partial charge in [0.25, 0.3) is 0 Å². The van der Waals surface area contributed by atoms with Crippen LogP contribution in [0.15, 0.2) is 42.5 Å². The van der Waals surface area contributed by atoms with E-state index in [4.69, 9.17) is 14.2 Å². The smallest absolute Gasteiger partial charge is 0.241 e. The summed E-state index contributed by atoms with van der Waals surface area (Å²) in [6, 6.07) is 12.3. The van der Waals surface area contributed by atoms with Crippen LogP contribution in [0, 0.1) is 0 Å². The maximum atomic E-state index is 13.1. The van der Waals surface area contributed by atoms with E-state index in [2.05, 4.69) is 0 Å². The number of carbonyl (C=O) groups excluding carboxylic acids is 1. The minimum atomic E-state index is -3.24. The second kappa shape index (κ2) is 8.99. The summed E-state index contributed by atoms with van der Waals surface area (Å²) in [5.41, 5.74) is 1.73. The van der Waals surface area contributed by atoms with E-state index in [-0.39, 0.29) is 30.0 Å². The van der Waals surface area contributed by atoms with Crippen molar-refractivity contribution in [3.05, 3.63) is 48.0 Å². The van der Waals surface area contributed by atoms with Gasteiger partial charge in [0, 0.05) is 18.3 Å². The molecule has 2 atom stereocenters. The van der Waals surface area contributed by atoms with E-state index in [1.807, 2.05) is 23.1 Å². The molecule has 0 aliphatic carbocycles. The fourth-order valence-electron chi connectivity index (χ4n) is 4.59. The number of hydrogen-bond donors (Lipinski definition) is 0. The Morgan fingerprint density at radius 2 is 1.59 bits per heavy atom. The average Bonchev–Trinajstić information content (AvgIpc) is 3.12. The SMILES string of the molecule is COc1ccc(N2C(=O)CN(CCc3ccc(OC)c(OC)c3)[C@H]3CS(=O)(=O)C[C@@H]32)cc1. The van der Waals surface area contributed by atoms with Crippen molar-refractivity contribution >= 4 is 21.4 Å². The summed E-state index contributed by atoms with van der Waals surface area (Å²) < 4.78 is 40.9. The van der Waals surface area contributed by atoms with Gasteiger partial charge in [-0.2, -0.15) is 0 Å². The van der Waals surface area contributed by atoms with Gasteiger partial charge in [0.2, 0.25) is 5.91 Å². The van der Waals surface area contributed by atoms with E-state index in [1.54, 1.807) is 50.5 Å². The molecule has 0 bridgehead atoms. The molecule has 2 aromatic rings. The summed E-state index contributed by atoms with van der Waals surface area (Å²) in [5, 5.41) is 0. The minimum Gasteiger partial charge on any atom is -0.497 e. The minimum absolute atomic E-state index is 0.0255. The molecule has 1 amide bonds. The molecular weight excluding hydrogens is 432 g/mol. The van der Waals surface area contributed by atoms with Crippen molar-refractivity contribution in [3.63, 3.8) is 0 Å². The van der Waals surface area contributed by atoms with Crippen molar-refractivity contribution in [2.45, 2.75) is 18.5 Å². The number of piperazine rings is 1. The highest BCUT2D eigenvalue weighted by Gasteiger charge is 2.49. The Morgan fingerprint density at radius 1 is 0.906 bits per heavy atom. The molecule has 2 fully saturated rings. The molecule has 0 unspecified atom stereocenters. The van der Waals surface area contributed by atoms with Crippen LogP contribution in [0.2, 0.25) is 0 Å². The van der Waals surface area contributed by atoms with Crippen LogP contribution in [-0.4, -0.2) is 77.2 Å². The normalized spacial score (nSPS) is 22.5. The topological polar surface area (TPSA) is 85.4 Å². The van der Waals surface area contributed by atoms with Crippen LogP contribution in [0.25, 0.3) is 0 Å². The Bertz CT molecular complexity index is 1090. The highest BCUT2D eigenvalue weighted by molar-refractivity contribution is 7.91. The van der Waals surface area contributed by atoms with Gasteiger partial charge in [0.15, 0.2) is 21.3 Å². The maximum Gasteiger partial charge on any atom is 0.241 e. The molecule has 2 aliphatic rings. The van der Waals surface area contributed by atoms with Gasteiger partial charge in [-0.15, -0.1) is 0 Å². The highest BCUT2D eigenvalue weighted by Crippen LogP contribution is 2.33. The lowest BCUT2D eigenvalue weighted by Crippen LogP contribution is -2.62. The number of hydrogen-bond acceptors (Lipinski definition) is 7. The molecule has 0 radical (unpaired) electrons. The van der Waals surface area contributed by atoms with Gasteiger partial charge in [-0.1, -0.05) is 6.07 Å². The Balaban J connectivity index is 1.54. The number of amides is 1. The number of anilines is 1. The van der Waals surface area contributed by atoms with Gasteiger partial charge in [-0.25, -0.2) is 8.42 Å². The van der Waals surface area contributed by atoms with Crippen LogP contribution in [0.3, 0.4) is 0 Å².